The molecule has 0 amide bonds. The van der Waals surface area contributed by atoms with Gasteiger partial charge in [-0.15, -0.1) is 0 Å². The maximum absolute atomic E-state index is 10.2. The van der Waals surface area contributed by atoms with Crippen molar-refractivity contribution in [3.63, 3.8) is 0 Å². The van der Waals surface area contributed by atoms with Crippen LogP contribution in [0.3, 0.4) is 0 Å². The molecular formula is C7H7BiO. The Kier molecular flexibility index (Phi) is 2.47. The van der Waals surface area contributed by atoms with Gasteiger partial charge in [0.1, 0.15) is 0 Å². The fourth-order valence-corrected chi connectivity index (χ4v) is 3.44. The summed E-state index contributed by atoms with van der Waals surface area (Å²) >= 11 is -0.529. The summed E-state index contributed by atoms with van der Waals surface area (Å²) < 4.78 is 3.36. The summed E-state index contributed by atoms with van der Waals surface area (Å²) in [5.74, 6) is 0. The molecule has 0 radical (unpaired) electrons. The molecule has 0 unspecified atom stereocenters. The molecule has 1 aliphatic heterocycles. The minimum atomic E-state index is -0.529. The Balaban J connectivity index is 2.48. The molecule has 1 nitrogen and oxygen atoms in total. The molecule has 0 N–H and O–H groups in total. The first-order chi connectivity index (χ1) is 4.38. The third kappa shape index (κ3) is 1.42. The van der Waals surface area contributed by atoms with Gasteiger partial charge in [0, 0.05) is 0 Å². The van der Waals surface area contributed by atoms with Crippen molar-refractivity contribution in [2.75, 3.05) is 0 Å². The average Bonchev–Trinajstić information content (AvgIpc) is 1.82. The minimum absolute atomic E-state index is 0.529. The first-order valence-electron chi connectivity index (χ1n) is 2.71. The molecule has 0 aromatic carbocycles. The Morgan fingerprint density at radius 1 is 1.78 bits per heavy atom. The first kappa shape index (κ1) is 7.02. The van der Waals surface area contributed by atoms with Crippen LogP contribution in [-0.2, 0) is 4.79 Å². The Hall–Kier alpha value is -0.0969. The van der Waals surface area contributed by atoms with E-state index in [1.165, 1.54) is 5.57 Å². The third-order valence-electron chi connectivity index (χ3n) is 1.16. The van der Waals surface area contributed by atoms with E-state index in [9.17, 15) is 4.79 Å². The predicted molar refractivity (Wildman–Crippen MR) is 39.7 cm³/mol. The van der Waals surface area contributed by atoms with Gasteiger partial charge in [-0.25, -0.2) is 0 Å². The maximum atomic E-state index is 10.2. The van der Waals surface area contributed by atoms with Gasteiger partial charge < -0.3 is 0 Å². The van der Waals surface area contributed by atoms with Gasteiger partial charge in [0.25, 0.3) is 0 Å². The second-order valence-corrected chi connectivity index (χ2v) is 5.66. The number of hydrogen-bond donors (Lipinski definition) is 0. The Labute approximate surface area is 65.5 Å². The molecular weight excluding hydrogens is 309 g/mol. The molecule has 0 aliphatic carbocycles. The zero-order valence-electron chi connectivity index (χ0n) is 5.00. The molecule has 0 fully saturated rings. The van der Waals surface area contributed by atoms with Gasteiger partial charge in [0.2, 0.25) is 0 Å². The third-order valence-corrected chi connectivity index (χ3v) is 5.49. The van der Waals surface area contributed by atoms with Crippen molar-refractivity contribution in [1.29, 1.82) is 0 Å². The van der Waals surface area contributed by atoms with E-state index in [0.29, 0.717) is 0 Å². The van der Waals surface area contributed by atoms with Gasteiger partial charge in [0.05, 0.1) is 0 Å². The zero-order chi connectivity index (χ0) is 6.69. The fraction of sp³-hybridized carbons (Fsp3) is 0.143. The van der Waals surface area contributed by atoms with Crippen molar-refractivity contribution < 1.29 is 4.79 Å². The van der Waals surface area contributed by atoms with Gasteiger partial charge in [0.15, 0.2) is 0 Å². The summed E-state index contributed by atoms with van der Waals surface area (Å²) in [5, 5.41) is 0. The van der Waals surface area contributed by atoms with Crippen molar-refractivity contribution >= 4 is 32.2 Å². The molecule has 46 valence electrons. The van der Waals surface area contributed by atoms with Gasteiger partial charge in [-0.3, -0.25) is 0 Å². The summed E-state index contributed by atoms with van der Waals surface area (Å²) in [6.07, 6.45) is 3.74. The Morgan fingerprint density at radius 3 is 2.89 bits per heavy atom. The molecule has 1 rings (SSSR count). The van der Waals surface area contributed by atoms with E-state index in [4.69, 9.17) is 0 Å². The quantitative estimate of drug-likeness (QED) is 0.422. The van der Waals surface area contributed by atoms with Crippen LogP contribution in [-0.4, -0.2) is 32.2 Å². The monoisotopic (exact) mass is 316 g/mol. The molecule has 0 saturated heterocycles. The van der Waals surface area contributed by atoms with Crippen LogP contribution in [0.5, 0.6) is 0 Å². The number of rotatable bonds is 3. The van der Waals surface area contributed by atoms with Crippen LogP contribution in [0.15, 0.2) is 22.0 Å². The van der Waals surface area contributed by atoms with E-state index < -0.39 is 22.8 Å². The van der Waals surface area contributed by atoms with Crippen molar-refractivity contribution in [2.24, 2.45) is 0 Å². The van der Waals surface area contributed by atoms with Crippen molar-refractivity contribution in [3.05, 3.63) is 22.0 Å². The van der Waals surface area contributed by atoms with Gasteiger partial charge >= 0.3 is 65.5 Å². The number of carbonyl (C=O) groups excluding carboxylic acids is 1. The molecule has 0 saturated carbocycles. The summed E-state index contributed by atoms with van der Waals surface area (Å²) in [6.45, 7) is 3.60. The van der Waals surface area contributed by atoms with Crippen molar-refractivity contribution in [1.82, 2.24) is 0 Å². The van der Waals surface area contributed by atoms with Crippen LogP contribution < -0.4 is 0 Å². The second-order valence-electron chi connectivity index (χ2n) is 1.78. The van der Waals surface area contributed by atoms with Crippen LogP contribution >= 0.6 is 0 Å². The predicted octanol–water partition coefficient (Wildman–Crippen LogP) is 0.535. The van der Waals surface area contributed by atoms with E-state index in [1.807, 2.05) is 6.08 Å². The summed E-state index contributed by atoms with van der Waals surface area (Å²) in [7, 11) is 0. The molecule has 0 aromatic heterocycles. The molecule has 1 heterocycles. The summed E-state index contributed by atoms with van der Waals surface area (Å²) in [4.78, 5) is 10.2. The normalized spacial score (nSPS) is 15.1. The SMILES string of the molecule is C=CCC1=[CH][Bi]=[C]1C=O. The molecule has 1 aliphatic rings. The van der Waals surface area contributed by atoms with E-state index in [-0.39, 0.29) is 0 Å². The Bertz CT molecular complexity index is 201. The molecule has 0 bridgehead atoms. The van der Waals surface area contributed by atoms with Crippen LogP contribution in [0.25, 0.3) is 0 Å². The van der Waals surface area contributed by atoms with Crippen molar-refractivity contribution in [3.8, 4) is 0 Å². The number of hydrogen-bond acceptors (Lipinski definition) is 1. The topological polar surface area (TPSA) is 17.1 Å². The van der Waals surface area contributed by atoms with Gasteiger partial charge in [-0.05, 0) is 0 Å². The fourth-order valence-electron chi connectivity index (χ4n) is 0.649. The van der Waals surface area contributed by atoms with Gasteiger partial charge in [-0.2, -0.15) is 0 Å². The first-order valence-corrected chi connectivity index (χ1v) is 6.46. The average molecular weight is 316 g/mol. The number of carbonyl (C=O) groups is 1. The summed E-state index contributed by atoms with van der Waals surface area (Å²) in [5.41, 5.74) is 1.23. The van der Waals surface area contributed by atoms with Crippen LogP contribution in [0.2, 0.25) is 0 Å². The standard InChI is InChI=1S/C7H7O.Bi/c1-3-4-7(2)5-6-8;/h2-3,6H,1,4H2;. The number of allylic oxidation sites excluding steroid dienone is 2. The van der Waals surface area contributed by atoms with Crippen LogP contribution in [0.4, 0.5) is 0 Å². The second kappa shape index (κ2) is 3.17. The van der Waals surface area contributed by atoms with Gasteiger partial charge in [-0.1, -0.05) is 0 Å². The molecule has 9 heavy (non-hydrogen) atoms. The summed E-state index contributed by atoms with van der Waals surface area (Å²) in [6, 6.07) is 0. The van der Waals surface area contributed by atoms with E-state index in [1.54, 1.807) is 0 Å². The van der Waals surface area contributed by atoms with Crippen molar-refractivity contribution in [2.45, 2.75) is 6.42 Å². The van der Waals surface area contributed by atoms with Crippen LogP contribution in [0, 0.1) is 0 Å². The molecule has 2 heteroatoms. The van der Waals surface area contributed by atoms with E-state index >= 15 is 0 Å². The van der Waals surface area contributed by atoms with E-state index in [2.05, 4.69) is 10.4 Å². The zero-order valence-corrected chi connectivity index (χ0v) is 8.48. The van der Waals surface area contributed by atoms with Crippen LogP contribution in [0.1, 0.15) is 6.42 Å². The number of aldehydes is 1. The molecule has 0 atom stereocenters. The van der Waals surface area contributed by atoms with E-state index in [0.717, 1.165) is 15.9 Å². The molecule has 0 aromatic rings. The Morgan fingerprint density at radius 2 is 2.56 bits per heavy atom. The molecule has 0 spiro atoms.